The minimum Gasteiger partial charge on any atom is -0.872 e. The molecule has 0 amide bonds. The number of para-hydroxylation sites is 3. The van der Waals surface area contributed by atoms with Crippen LogP contribution in [0.5, 0.6) is 17.2 Å². The first-order valence-corrected chi connectivity index (χ1v) is 14.5. The minimum atomic E-state index is 0.0718. The number of hydrogen-bond donors (Lipinski definition) is 2. The van der Waals surface area contributed by atoms with Crippen molar-refractivity contribution >= 4 is 0 Å². The summed E-state index contributed by atoms with van der Waals surface area (Å²) in [7, 11) is 0. The van der Waals surface area contributed by atoms with Crippen LogP contribution in [-0.4, -0.2) is 40.9 Å². The van der Waals surface area contributed by atoms with Crippen molar-refractivity contribution in [1.29, 1.82) is 0 Å². The fourth-order valence-corrected chi connectivity index (χ4v) is 3.92. The van der Waals surface area contributed by atoms with Gasteiger partial charge in [0.1, 0.15) is 11.5 Å². The number of phenolic OH excluding ortho intramolecular Hbond substituents is 2. The molecule has 0 unspecified atom stereocenters. The number of benzene rings is 3. The second-order valence-corrected chi connectivity index (χ2v) is 9.63. The second-order valence-electron chi connectivity index (χ2n) is 9.63. The summed E-state index contributed by atoms with van der Waals surface area (Å²) in [5.41, 5.74) is 0. The Balaban J connectivity index is 0.000000533. The van der Waals surface area contributed by atoms with Gasteiger partial charge in [-0.2, -0.15) is 0 Å². The van der Waals surface area contributed by atoms with Gasteiger partial charge in [-0.05, 0) is 49.9 Å². The molecule has 3 aromatic rings. The molecule has 3 aromatic carbocycles. The van der Waals surface area contributed by atoms with Crippen molar-refractivity contribution in [3.05, 3.63) is 91.0 Å². The van der Waals surface area contributed by atoms with E-state index in [2.05, 4.69) is 27.7 Å². The van der Waals surface area contributed by atoms with Crippen molar-refractivity contribution in [2.24, 2.45) is 0 Å². The Labute approximate surface area is 233 Å². The third-order valence-corrected chi connectivity index (χ3v) is 6.20. The molecule has 4 heteroatoms. The van der Waals surface area contributed by atoms with Crippen molar-refractivity contribution < 1.29 is 19.8 Å². The Morgan fingerprint density at radius 2 is 0.737 bits per heavy atom. The third-order valence-electron chi connectivity index (χ3n) is 6.20. The molecule has 0 aliphatic carbocycles. The van der Waals surface area contributed by atoms with E-state index in [9.17, 15) is 5.11 Å². The number of rotatable bonds is 12. The van der Waals surface area contributed by atoms with Crippen LogP contribution >= 0.6 is 0 Å². The molecule has 4 nitrogen and oxygen atoms in total. The maximum absolute atomic E-state index is 10.3. The van der Waals surface area contributed by atoms with E-state index in [1.54, 1.807) is 60.7 Å². The Morgan fingerprint density at radius 3 is 0.895 bits per heavy atom. The lowest BCUT2D eigenvalue weighted by molar-refractivity contribution is -0.929. The predicted molar refractivity (Wildman–Crippen MR) is 161 cm³/mol. The van der Waals surface area contributed by atoms with E-state index in [0.29, 0.717) is 11.5 Å². The second kappa shape index (κ2) is 24.4. The number of aromatic hydroxyl groups is 2. The molecule has 0 saturated carbocycles. The average molecular weight is 524 g/mol. The molecular formula is C34H53NO3. The molecule has 0 spiro atoms. The highest BCUT2D eigenvalue weighted by Crippen LogP contribution is 2.16. The summed E-state index contributed by atoms with van der Waals surface area (Å²) in [6.07, 6.45) is 11.1. The SMILES string of the molecule is CCCC[N+](CCCC)(CCCC)CCCC.Oc1ccccc1.Oc1ccccc1.[O-]c1ccccc1. The maximum atomic E-state index is 10.3. The first-order valence-electron chi connectivity index (χ1n) is 14.5. The standard InChI is InChI=1S/C16H36N.3C6H6O/c1-5-9-13-17(14-10-6-2,15-11-7-3)16-12-8-4;3*7-6-4-2-1-3-5-6/h5-16H2,1-4H3;3*1-5,7H/q+1;;;/p-1. The third kappa shape index (κ3) is 20.1. The van der Waals surface area contributed by atoms with E-state index in [1.807, 2.05) is 18.2 Å². The summed E-state index contributed by atoms with van der Waals surface area (Å²) in [4.78, 5) is 0. The average Bonchev–Trinajstić information content (AvgIpc) is 2.95. The summed E-state index contributed by atoms with van der Waals surface area (Å²) < 4.78 is 1.42. The van der Waals surface area contributed by atoms with E-state index >= 15 is 0 Å². The van der Waals surface area contributed by atoms with Gasteiger partial charge < -0.3 is 19.8 Å². The Morgan fingerprint density at radius 1 is 0.474 bits per heavy atom. The highest BCUT2D eigenvalue weighted by molar-refractivity contribution is 5.19. The monoisotopic (exact) mass is 523 g/mol. The Bertz CT molecular complexity index is 730. The molecule has 2 N–H and O–H groups in total. The van der Waals surface area contributed by atoms with Crippen LogP contribution in [0.25, 0.3) is 0 Å². The van der Waals surface area contributed by atoms with E-state index in [0.717, 1.165) is 0 Å². The van der Waals surface area contributed by atoms with Crippen LogP contribution in [0.3, 0.4) is 0 Å². The molecule has 0 aliphatic rings. The van der Waals surface area contributed by atoms with Crippen LogP contribution in [0.2, 0.25) is 0 Å². The van der Waals surface area contributed by atoms with E-state index in [-0.39, 0.29) is 5.75 Å². The van der Waals surface area contributed by atoms with Crippen LogP contribution in [0, 0.1) is 0 Å². The van der Waals surface area contributed by atoms with Crippen LogP contribution in [0.1, 0.15) is 79.1 Å². The zero-order valence-corrected chi connectivity index (χ0v) is 24.4. The molecule has 38 heavy (non-hydrogen) atoms. The van der Waals surface area contributed by atoms with Crippen LogP contribution in [0.4, 0.5) is 0 Å². The molecule has 0 heterocycles. The molecule has 3 rings (SSSR count). The summed E-state index contributed by atoms with van der Waals surface area (Å²) in [5.74, 6) is 0.715. The molecule has 0 saturated heterocycles. The summed E-state index contributed by atoms with van der Waals surface area (Å²) in [6, 6.07) is 25.8. The minimum absolute atomic E-state index is 0.0718. The van der Waals surface area contributed by atoms with Crippen LogP contribution < -0.4 is 5.11 Å². The van der Waals surface area contributed by atoms with Crippen molar-refractivity contribution in [3.63, 3.8) is 0 Å². The van der Waals surface area contributed by atoms with Gasteiger partial charge in [-0.1, -0.05) is 120 Å². The lowest BCUT2D eigenvalue weighted by Crippen LogP contribution is -2.50. The highest BCUT2D eigenvalue weighted by atomic mass is 16.3. The molecule has 0 fully saturated rings. The lowest BCUT2D eigenvalue weighted by Gasteiger charge is -2.39. The number of nitrogens with zero attached hydrogens (tertiary/aromatic N) is 1. The zero-order valence-electron chi connectivity index (χ0n) is 24.4. The summed E-state index contributed by atoms with van der Waals surface area (Å²) >= 11 is 0. The summed E-state index contributed by atoms with van der Waals surface area (Å²) in [6.45, 7) is 15.0. The molecule has 0 bridgehead atoms. The van der Waals surface area contributed by atoms with Crippen LogP contribution in [-0.2, 0) is 0 Å². The van der Waals surface area contributed by atoms with Crippen molar-refractivity contribution in [3.8, 4) is 17.2 Å². The molecule has 212 valence electrons. The van der Waals surface area contributed by atoms with Gasteiger partial charge in [0.2, 0.25) is 0 Å². The number of phenols is 2. The maximum Gasteiger partial charge on any atom is 0.115 e. The van der Waals surface area contributed by atoms with Crippen LogP contribution in [0.15, 0.2) is 91.0 Å². The summed E-state index contributed by atoms with van der Waals surface area (Å²) in [5, 5.41) is 27.5. The zero-order chi connectivity index (χ0) is 28.3. The number of quaternary nitrogens is 1. The molecule has 0 aromatic heterocycles. The van der Waals surface area contributed by atoms with Gasteiger partial charge in [-0.15, -0.1) is 5.75 Å². The largest absolute Gasteiger partial charge is 0.872 e. The van der Waals surface area contributed by atoms with Gasteiger partial charge in [0.15, 0.2) is 0 Å². The van der Waals surface area contributed by atoms with Gasteiger partial charge >= 0.3 is 0 Å². The first kappa shape index (κ1) is 35.0. The molecule has 0 radical (unpaired) electrons. The highest BCUT2D eigenvalue weighted by Gasteiger charge is 2.24. The van der Waals surface area contributed by atoms with Gasteiger partial charge in [0, 0.05) is 0 Å². The topological polar surface area (TPSA) is 63.5 Å². The Kier molecular flexibility index (Phi) is 22.5. The predicted octanol–water partition coefficient (Wildman–Crippen LogP) is 8.55. The van der Waals surface area contributed by atoms with Crippen molar-refractivity contribution in [1.82, 2.24) is 0 Å². The first-order chi connectivity index (χ1) is 18.4. The quantitative estimate of drug-likeness (QED) is 0.234. The van der Waals surface area contributed by atoms with Gasteiger partial charge in [0.05, 0.1) is 26.2 Å². The number of hydrogen-bond acceptors (Lipinski definition) is 3. The fourth-order valence-electron chi connectivity index (χ4n) is 3.92. The van der Waals surface area contributed by atoms with E-state index in [1.165, 1.54) is 94.2 Å². The van der Waals surface area contributed by atoms with Gasteiger partial charge in [-0.25, -0.2) is 0 Å². The normalized spacial score (nSPS) is 10.1. The molecule has 0 aliphatic heterocycles. The lowest BCUT2D eigenvalue weighted by atomic mass is 10.1. The van der Waals surface area contributed by atoms with Crippen molar-refractivity contribution in [2.45, 2.75) is 79.1 Å². The van der Waals surface area contributed by atoms with E-state index in [4.69, 9.17) is 10.2 Å². The Hall–Kier alpha value is -2.98. The van der Waals surface area contributed by atoms with Gasteiger partial charge in [0.25, 0.3) is 0 Å². The fraction of sp³-hybridized carbons (Fsp3) is 0.471. The van der Waals surface area contributed by atoms with Crippen molar-refractivity contribution in [2.75, 3.05) is 26.2 Å². The molecular weight excluding hydrogens is 470 g/mol. The smallest absolute Gasteiger partial charge is 0.115 e. The van der Waals surface area contributed by atoms with Gasteiger partial charge in [-0.3, -0.25) is 0 Å². The van der Waals surface area contributed by atoms with E-state index < -0.39 is 0 Å². The molecule has 0 atom stereocenters. The number of unbranched alkanes of at least 4 members (excludes halogenated alkanes) is 4.